The molecule has 1 aliphatic heterocycles. The fourth-order valence-electron chi connectivity index (χ4n) is 3.63. The number of hydrogen-bond acceptors (Lipinski definition) is 4. The number of hydrogen-bond donors (Lipinski definition) is 2. The van der Waals surface area contributed by atoms with Crippen molar-refractivity contribution in [3.63, 3.8) is 0 Å². The Balaban J connectivity index is 2.00. The molecule has 0 radical (unpaired) electrons. The van der Waals surface area contributed by atoms with E-state index >= 15 is 0 Å². The summed E-state index contributed by atoms with van der Waals surface area (Å²) in [7, 11) is 0. The summed E-state index contributed by atoms with van der Waals surface area (Å²) in [4.78, 5) is 7.40. The van der Waals surface area contributed by atoms with Crippen LogP contribution in [0, 0.1) is 5.92 Å². The van der Waals surface area contributed by atoms with E-state index in [0.29, 0.717) is 25.1 Å². The lowest BCUT2D eigenvalue weighted by atomic mass is 10.0. The number of ether oxygens (including phenoxy) is 2. The van der Waals surface area contributed by atoms with Gasteiger partial charge in [0.15, 0.2) is 5.96 Å². The fraction of sp³-hybridized carbons (Fsp3) is 0.696. The van der Waals surface area contributed by atoms with Gasteiger partial charge in [-0.15, -0.1) is 0 Å². The third kappa shape index (κ3) is 8.72. The van der Waals surface area contributed by atoms with Crippen LogP contribution in [0.1, 0.15) is 45.2 Å². The van der Waals surface area contributed by atoms with E-state index in [-0.39, 0.29) is 0 Å². The molecule has 2 N–H and O–H groups in total. The van der Waals surface area contributed by atoms with Crippen molar-refractivity contribution < 1.29 is 9.47 Å². The highest BCUT2D eigenvalue weighted by atomic mass is 16.5. The summed E-state index contributed by atoms with van der Waals surface area (Å²) in [6.07, 6.45) is 1.17. The molecule has 6 heteroatoms. The molecule has 1 aromatic rings. The number of rotatable bonds is 11. The Hall–Kier alpha value is -1.63. The summed E-state index contributed by atoms with van der Waals surface area (Å²) in [5.41, 5.74) is 2.42. The van der Waals surface area contributed by atoms with Crippen molar-refractivity contribution >= 4 is 5.96 Å². The van der Waals surface area contributed by atoms with Gasteiger partial charge in [-0.3, -0.25) is 4.90 Å². The molecule has 0 spiro atoms. The van der Waals surface area contributed by atoms with Crippen LogP contribution in [0.2, 0.25) is 0 Å². The van der Waals surface area contributed by atoms with Crippen molar-refractivity contribution in [2.24, 2.45) is 10.9 Å². The van der Waals surface area contributed by atoms with Crippen molar-refractivity contribution in [1.29, 1.82) is 0 Å². The van der Waals surface area contributed by atoms with Gasteiger partial charge in [-0.05, 0) is 37.3 Å². The minimum atomic E-state index is 0.494. The van der Waals surface area contributed by atoms with Gasteiger partial charge in [0, 0.05) is 38.8 Å². The molecule has 29 heavy (non-hydrogen) atoms. The third-order valence-electron chi connectivity index (χ3n) is 5.14. The number of guanidine groups is 1. The smallest absolute Gasteiger partial charge is 0.191 e. The first-order valence-corrected chi connectivity index (χ1v) is 11.1. The van der Waals surface area contributed by atoms with Crippen LogP contribution < -0.4 is 10.6 Å². The molecule has 1 aromatic carbocycles. The van der Waals surface area contributed by atoms with Crippen LogP contribution in [-0.2, 0) is 22.6 Å². The minimum Gasteiger partial charge on any atom is -0.379 e. The average molecular weight is 405 g/mol. The van der Waals surface area contributed by atoms with Crippen molar-refractivity contribution in [2.45, 2.75) is 53.3 Å². The van der Waals surface area contributed by atoms with E-state index < -0.39 is 0 Å². The molecular formula is C23H40N4O2. The van der Waals surface area contributed by atoms with Gasteiger partial charge in [-0.1, -0.05) is 38.1 Å². The predicted molar refractivity (Wildman–Crippen MR) is 120 cm³/mol. The molecule has 1 unspecified atom stereocenters. The molecule has 1 heterocycles. The Labute approximate surface area is 177 Å². The molecule has 0 bridgehead atoms. The van der Waals surface area contributed by atoms with Crippen LogP contribution in [0.5, 0.6) is 0 Å². The number of morpholine rings is 1. The van der Waals surface area contributed by atoms with Gasteiger partial charge in [-0.25, -0.2) is 4.99 Å². The number of benzene rings is 1. The molecule has 1 saturated heterocycles. The molecule has 1 fully saturated rings. The predicted octanol–water partition coefficient (Wildman–Crippen LogP) is 3.03. The Kier molecular flexibility index (Phi) is 11.1. The lowest BCUT2D eigenvalue weighted by Crippen LogP contribution is -2.51. The first-order valence-electron chi connectivity index (χ1n) is 11.1. The second-order valence-corrected chi connectivity index (χ2v) is 7.91. The summed E-state index contributed by atoms with van der Waals surface area (Å²) >= 11 is 0. The molecule has 6 nitrogen and oxygen atoms in total. The average Bonchev–Trinajstić information content (AvgIpc) is 2.74. The minimum absolute atomic E-state index is 0.494. The summed E-state index contributed by atoms with van der Waals surface area (Å²) in [6.45, 7) is 16.1. The zero-order valence-corrected chi connectivity index (χ0v) is 18.7. The molecule has 1 atom stereocenters. The summed E-state index contributed by atoms with van der Waals surface area (Å²) < 4.78 is 11.1. The summed E-state index contributed by atoms with van der Waals surface area (Å²) in [6, 6.07) is 8.88. The summed E-state index contributed by atoms with van der Waals surface area (Å²) in [5, 5.41) is 6.97. The van der Waals surface area contributed by atoms with Gasteiger partial charge in [0.05, 0.1) is 26.4 Å². The molecule has 2 rings (SSSR count). The lowest BCUT2D eigenvalue weighted by molar-refractivity contribution is 0.0132. The Bertz CT molecular complexity index is 600. The first kappa shape index (κ1) is 23.6. The standard InChI is InChI=1S/C23H40N4O2/c1-5-24-23(25-16-20-9-7-8-10-21(20)18-28-6-2)26-17-22(15-19(3)4)27-11-13-29-14-12-27/h7-10,19,22H,5-6,11-18H2,1-4H3,(H2,24,25,26). The van der Waals surface area contributed by atoms with Gasteiger partial charge in [-0.2, -0.15) is 0 Å². The summed E-state index contributed by atoms with van der Waals surface area (Å²) in [5.74, 6) is 1.54. The van der Waals surface area contributed by atoms with E-state index in [9.17, 15) is 0 Å². The van der Waals surface area contributed by atoms with Crippen LogP contribution >= 0.6 is 0 Å². The molecule has 0 amide bonds. The molecule has 0 aromatic heterocycles. The molecule has 164 valence electrons. The quantitative estimate of drug-likeness (QED) is 0.439. The van der Waals surface area contributed by atoms with Gasteiger partial charge in [0.2, 0.25) is 0 Å². The molecule has 1 aliphatic rings. The van der Waals surface area contributed by atoms with Crippen LogP contribution in [-0.4, -0.2) is 62.9 Å². The number of aliphatic imine (C=N–C) groups is 1. The van der Waals surface area contributed by atoms with E-state index in [4.69, 9.17) is 14.5 Å². The highest BCUT2D eigenvalue weighted by Crippen LogP contribution is 2.14. The SMILES string of the molecule is CCNC(=NCc1ccccc1COCC)NCC(CC(C)C)N1CCOCC1. The van der Waals surface area contributed by atoms with Gasteiger partial charge in [0.1, 0.15) is 0 Å². The maximum absolute atomic E-state index is 5.60. The van der Waals surface area contributed by atoms with Gasteiger partial charge < -0.3 is 20.1 Å². The van der Waals surface area contributed by atoms with Gasteiger partial charge in [0.25, 0.3) is 0 Å². The van der Waals surface area contributed by atoms with Crippen LogP contribution in [0.3, 0.4) is 0 Å². The zero-order chi connectivity index (χ0) is 20.9. The zero-order valence-electron chi connectivity index (χ0n) is 18.7. The second kappa shape index (κ2) is 13.6. The van der Waals surface area contributed by atoms with Gasteiger partial charge >= 0.3 is 0 Å². The van der Waals surface area contributed by atoms with Crippen molar-refractivity contribution in [3.8, 4) is 0 Å². The normalized spacial score (nSPS) is 16.8. The van der Waals surface area contributed by atoms with Crippen LogP contribution in [0.15, 0.2) is 29.3 Å². The Morgan fingerprint density at radius 2 is 1.86 bits per heavy atom. The Morgan fingerprint density at radius 1 is 1.14 bits per heavy atom. The third-order valence-corrected chi connectivity index (χ3v) is 5.14. The van der Waals surface area contributed by atoms with E-state index in [2.05, 4.69) is 60.6 Å². The molecule has 0 aliphatic carbocycles. The first-order chi connectivity index (χ1) is 14.1. The largest absolute Gasteiger partial charge is 0.379 e. The van der Waals surface area contributed by atoms with Crippen LogP contribution in [0.25, 0.3) is 0 Å². The van der Waals surface area contributed by atoms with Crippen molar-refractivity contribution in [3.05, 3.63) is 35.4 Å². The van der Waals surface area contributed by atoms with E-state index in [0.717, 1.165) is 52.0 Å². The van der Waals surface area contributed by atoms with E-state index in [1.54, 1.807) is 0 Å². The number of nitrogens with zero attached hydrogens (tertiary/aromatic N) is 2. The second-order valence-electron chi connectivity index (χ2n) is 7.91. The maximum Gasteiger partial charge on any atom is 0.191 e. The monoisotopic (exact) mass is 404 g/mol. The van der Waals surface area contributed by atoms with Crippen LogP contribution in [0.4, 0.5) is 0 Å². The highest BCUT2D eigenvalue weighted by Gasteiger charge is 2.22. The highest BCUT2D eigenvalue weighted by molar-refractivity contribution is 5.79. The Morgan fingerprint density at radius 3 is 2.52 bits per heavy atom. The van der Waals surface area contributed by atoms with E-state index in [1.165, 1.54) is 17.5 Å². The van der Waals surface area contributed by atoms with Crippen molar-refractivity contribution in [2.75, 3.05) is 46.0 Å². The molecule has 0 saturated carbocycles. The number of nitrogens with one attached hydrogen (secondary N) is 2. The fourth-order valence-corrected chi connectivity index (χ4v) is 3.63. The van der Waals surface area contributed by atoms with E-state index in [1.807, 2.05) is 6.92 Å². The maximum atomic E-state index is 5.60. The molecular weight excluding hydrogens is 364 g/mol. The lowest BCUT2D eigenvalue weighted by Gasteiger charge is -2.35. The van der Waals surface area contributed by atoms with Crippen molar-refractivity contribution in [1.82, 2.24) is 15.5 Å². The topological polar surface area (TPSA) is 58.1 Å².